The number of halogens is 1. The van der Waals surface area contributed by atoms with Crippen LogP contribution in [0.1, 0.15) is 48.0 Å². The molecule has 0 spiro atoms. The van der Waals surface area contributed by atoms with Gasteiger partial charge in [0, 0.05) is 30.8 Å². The van der Waals surface area contributed by atoms with Crippen molar-refractivity contribution in [3.8, 4) is 5.75 Å². The van der Waals surface area contributed by atoms with Gasteiger partial charge in [-0.2, -0.15) is 0 Å². The molecular formula is C28H28FN3O3. The van der Waals surface area contributed by atoms with Crippen molar-refractivity contribution in [2.45, 2.75) is 46.8 Å². The Morgan fingerprint density at radius 3 is 2.46 bits per heavy atom. The van der Waals surface area contributed by atoms with Crippen molar-refractivity contribution in [2.75, 3.05) is 0 Å². The first kappa shape index (κ1) is 23.0. The maximum absolute atomic E-state index is 15.3. The Kier molecular flexibility index (Phi) is 5.58. The molecule has 2 aromatic carbocycles. The van der Waals surface area contributed by atoms with Crippen LogP contribution in [0.2, 0.25) is 0 Å². The second-order valence-electron chi connectivity index (χ2n) is 10.0. The molecule has 4 aromatic rings. The molecule has 1 aliphatic carbocycles. The van der Waals surface area contributed by atoms with E-state index >= 15 is 4.39 Å². The third kappa shape index (κ3) is 4.27. The van der Waals surface area contributed by atoms with Crippen LogP contribution in [-0.4, -0.2) is 25.6 Å². The van der Waals surface area contributed by atoms with Gasteiger partial charge < -0.3 is 14.4 Å². The number of imidazole rings is 1. The lowest BCUT2D eigenvalue weighted by Gasteiger charge is -2.12. The van der Waals surface area contributed by atoms with Crippen LogP contribution in [0.4, 0.5) is 4.39 Å². The largest absolute Gasteiger partial charge is 0.487 e. The molecule has 5 rings (SSSR count). The van der Waals surface area contributed by atoms with Crippen molar-refractivity contribution in [1.82, 2.24) is 14.5 Å². The average Bonchev–Trinajstić information content (AvgIpc) is 3.22. The van der Waals surface area contributed by atoms with E-state index in [1.807, 2.05) is 68.7 Å². The maximum Gasteiger partial charge on any atom is 0.307 e. The zero-order chi connectivity index (χ0) is 24.9. The highest BCUT2D eigenvalue weighted by atomic mass is 19.1. The third-order valence-corrected chi connectivity index (χ3v) is 7.00. The number of pyridine rings is 1. The normalized spacial score (nSPS) is 18.5. The van der Waals surface area contributed by atoms with Gasteiger partial charge in [-0.3, -0.25) is 9.78 Å². The second-order valence-corrected chi connectivity index (χ2v) is 10.0. The topological polar surface area (TPSA) is 77.2 Å². The first-order chi connectivity index (χ1) is 16.6. The van der Waals surface area contributed by atoms with Gasteiger partial charge >= 0.3 is 5.97 Å². The molecule has 2 atom stereocenters. The molecule has 35 heavy (non-hydrogen) atoms. The molecule has 6 nitrogen and oxygen atoms in total. The van der Waals surface area contributed by atoms with Gasteiger partial charge in [0.2, 0.25) is 0 Å². The average molecular weight is 474 g/mol. The molecule has 2 heterocycles. The van der Waals surface area contributed by atoms with Crippen molar-refractivity contribution in [1.29, 1.82) is 0 Å². The second kappa shape index (κ2) is 8.48. The van der Waals surface area contributed by atoms with Gasteiger partial charge in [-0.25, -0.2) is 9.37 Å². The van der Waals surface area contributed by atoms with Crippen LogP contribution in [0.25, 0.3) is 11.0 Å². The number of hydrogen-bond donors (Lipinski definition) is 1. The molecule has 180 valence electrons. The van der Waals surface area contributed by atoms with E-state index in [1.165, 1.54) is 6.07 Å². The highest BCUT2D eigenvalue weighted by Crippen LogP contribution is 2.64. The first-order valence-corrected chi connectivity index (χ1v) is 11.7. The number of ether oxygens (including phenoxy) is 1. The van der Waals surface area contributed by atoms with Crippen LogP contribution in [0.15, 0.2) is 54.7 Å². The fourth-order valence-corrected chi connectivity index (χ4v) is 4.86. The molecular weight excluding hydrogens is 445 g/mol. The highest BCUT2D eigenvalue weighted by Gasteiger charge is 2.64. The number of aromatic nitrogens is 3. The Hall–Kier alpha value is -3.74. The molecule has 0 saturated heterocycles. The SMILES string of the molecule is Cc1ccc(Cn2c([C@@H]3[C@H](C(=O)O)C3(C)C)nc3c(F)cc(OCc4ccc(C)cn4)cc32)cc1. The maximum atomic E-state index is 15.3. The molecule has 0 radical (unpaired) electrons. The lowest BCUT2D eigenvalue weighted by Crippen LogP contribution is -2.07. The lowest BCUT2D eigenvalue weighted by molar-refractivity contribution is -0.139. The fraction of sp³-hybridized carbons (Fsp3) is 0.321. The van der Waals surface area contributed by atoms with E-state index in [-0.39, 0.29) is 18.0 Å². The number of nitrogens with zero attached hydrogens (tertiary/aromatic N) is 3. The Labute approximate surface area is 203 Å². The molecule has 0 aliphatic heterocycles. The van der Waals surface area contributed by atoms with E-state index in [4.69, 9.17) is 4.74 Å². The zero-order valence-electron chi connectivity index (χ0n) is 20.2. The van der Waals surface area contributed by atoms with Crippen LogP contribution in [0.3, 0.4) is 0 Å². The molecule has 0 bridgehead atoms. The highest BCUT2D eigenvalue weighted by molar-refractivity contribution is 5.81. The number of carboxylic acid groups (broad SMARTS) is 1. The minimum atomic E-state index is -0.857. The van der Waals surface area contributed by atoms with Gasteiger partial charge in [0.05, 0.1) is 17.1 Å². The van der Waals surface area contributed by atoms with Gasteiger partial charge in [-0.15, -0.1) is 0 Å². The summed E-state index contributed by atoms with van der Waals surface area (Å²) in [4.78, 5) is 20.9. The minimum Gasteiger partial charge on any atom is -0.487 e. The summed E-state index contributed by atoms with van der Waals surface area (Å²) in [5, 5.41) is 9.76. The van der Waals surface area contributed by atoms with Crippen LogP contribution in [0.5, 0.6) is 5.75 Å². The van der Waals surface area contributed by atoms with Crippen LogP contribution in [0, 0.1) is 31.0 Å². The van der Waals surface area contributed by atoms with E-state index in [0.717, 1.165) is 22.4 Å². The number of rotatable bonds is 7. The first-order valence-electron chi connectivity index (χ1n) is 11.7. The van der Waals surface area contributed by atoms with Gasteiger partial charge in [0.15, 0.2) is 5.82 Å². The number of carboxylic acids is 1. The van der Waals surface area contributed by atoms with Crippen molar-refractivity contribution in [3.63, 3.8) is 0 Å². The fourth-order valence-electron chi connectivity index (χ4n) is 4.86. The predicted molar refractivity (Wildman–Crippen MR) is 131 cm³/mol. The summed E-state index contributed by atoms with van der Waals surface area (Å²) in [6.45, 7) is 8.49. The molecule has 1 N–H and O–H groups in total. The third-order valence-electron chi connectivity index (χ3n) is 7.00. The lowest BCUT2D eigenvalue weighted by atomic mass is 10.1. The predicted octanol–water partition coefficient (Wildman–Crippen LogP) is 5.64. The number of carbonyl (C=O) groups is 1. The Morgan fingerprint density at radius 2 is 1.83 bits per heavy atom. The van der Waals surface area contributed by atoms with Crippen molar-refractivity contribution in [3.05, 3.63) is 88.8 Å². The zero-order valence-corrected chi connectivity index (χ0v) is 20.2. The van der Waals surface area contributed by atoms with Crippen LogP contribution >= 0.6 is 0 Å². The summed E-state index contributed by atoms with van der Waals surface area (Å²) in [7, 11) is 0. The van der Waals surface area contributed by atoms with Gasteiger partial charge in [0.1, 0.15) is 23.7 Å². The Morgan fingerprint density at radius 1 is 1.11 bits per heavy atom. The number of aryl methyl sites for hydroxylation is 2. The summed E-state index contributed by atoms with van der Waals surface area (Å²) < 4.78 is 23.1. The molecule has 0 unspecified atom stereocenters. The van der Waals surface area contributed by atoms with Crippen molar-refractivity contribution < 1.29 is 19.0 Å². The van der Waals surface area contributed by atoms with E-state index < -0.39 is 23.1 Å². The molecule has 7 heteroatoms. The van der Waals surface area contributed by atoms with Gasteiger partial charge in [0.25, 0.3) is 0 Å². The van der Waals surface area contributed by atoms with E-state index in [9.17, 15) is 9.90 Å². The molecule has 1 aliphatic rings. The van der Waals surface area contributed by atoms with Crippen LogP contribution < -0.4 is 4.74 Å². The molecule has 2 aromatic heterocycles. The van der Waals surface area contributed by atoms with E-state index in [0.29, 0.717) is 23.6 Å². The quantitative estimate of drug-likeness (QED) is 0.376. The molecule has 1 fully saturated rings. The minimum absolute atomic E-state index is 0.209. The van der Waals surface area contributed by atoms with E-state index in [1.54, 1.807) is 12.3 Å². The Balaban J connectivity index is 1.56. The summed E-state index contributed by atoms with van der Waals surface area (Å²) in [5.41, 5.74) is 4.30. The summed E-state index contributed by atoms with van der Waals surface area (Å²) in [6.07, 6.45) is 1.77. The number of benzene rings is 2. The number of aliphatic carboxylic acids is 1. The summed E-state index contributed by atoms with van der Waals surface area (Å²) in [5.74, 6) is -1.26. The van der Waals surface area contributed by atoms with Crippen molar-refractivity contribution in [2.24, 2.45) is 11.3 Å². The van der Waals surface area contributed by atoms with Gasteiger partial charge in [-0.1, -0.05) is 49.7 Å². The standard InChI is InChI=1S/C28H28FN3O3/c1-16-5-8-18(9-6-16)14-32-22-12-20(35-15-19-10-7-17(2)13-30-19)11-21(29)25(22)31-26(32)23-24(27(33)34)28(23,3)4/h5-13,23-24H,14-15H2,1-4H3,(H,33,34)/t23-,24+/m0/s1. The summed E-state index contributed by atoms with van der Waals surface area (Å²) >= 11 is 0. The molecule has 0 amide bonds. The van der Waals surface area contributed by atoms with Gasteiger partial charge in [-0.05, 0) is 36.5 Å². The smallest absolute Gasteiger partial charge is 0.307 e. The van der Waals surface area contributed by atoms with E-state index in [2.05, 4.69) is 9.97 Å². The van der Waals surface area contributed by atoms with Crippen LogP contribution in [-0.2, 0) is 17.9 Å². The monoisotopic (exact) mass is 473 g/mol. The molecule has 1 saturated carbocycles. The summed E-state index contributed by atoms with van der Waals surface area (Å²) in [6, 6.07) is 15.0. The number of fused-ring (bicyclic) bond motifs is 1. The Bertz CT molecular complexity index is 1410. The number of hydrogen-bond acceptors (Lipinski definition) is 4. The van der Waals surface area contributed by atoms with Crippen molar-refractivity contribution >= 4 is 17.0 Å².